The van der Waals surface area contributed by atoms with E-state index in [0.717, 1.165) is 0 Å². The molecule has 0 saturated carbocycles. The third kappa shape index (κ3) is 1.97. The number of aliphatic hydroxyl groups is 2. The fourth-order valence-electron chi connectivity index (χ4n) is 2.56. The minimum Gasteiger partial charge on any atom is -0.478 e. The number of carboxylic acids is 1. The van der Waals surface area contributed by atoms with Gasteiger partial charge < -0.3 is 19.9 Å². The number of aromatic nitrogens is 2. The first kappa shape index (κ1) is 14.5. The lowest BCUT2D eigenvalue weighted by Crippen LogP contribution is -2.41. The smallest absolute Gasteiger partial charge is 0.337 e. The van der Waals surface area contributed by atoms with Crippen LogP contribution in [0.5, 0.6) is 0 Å². The molecule has 6 nitrogen and oxygen atoms in total. The third-order valence-corrected chi connectivity index (χ3v) is 3.80. The molecule has 6 heteroatoms. The number of rotatable bonds is 5. The van der Waals surface area contributed by atoms with Crippen molar-refractivity contribution < 1.29 is 20.1 Å². The fourth-order valence-corrected chi connectivity index (χ4v) is 2.56. The minimum atomic E-state index is -1.05. The topological polar surface area (TPSA) is 95.6 Å². The van der Waals surface area contributed by atoms with Gasteiger partial charge in [-0.1, -0.05) is 13.0 Å². The lowest BCUT2D eigenvalue weighted by molar-refractivity contribution is 0.0613. The molecule has 0 unspecified atom stereocenters. The molecule has 1 heterocycles. The van der Waals surface area contributed by atoms with Crippen molar-refractivity contribution >= 4 is 17.0 Å². The van der Waals surface area contributed by atoms with E-state index in [-0.39, 0.29) is 18.8 Å². The Morgan fingerprint density at radius 1 is 1.35 bits per heavy atom. The van der Waals surface area contributed by atoms with Crippen molar-refractivity contribution in [2.45, 2.75) is 25.8 Å². The molecule has 0 saturated heterocycles. The molecule has 1 aromatic carbocycles. The Morgan fingerprint density at radius 2 is 2.00 bits per heavy atom. The Kier molecular flexibility index (Phi) is 3.78. The molecule has 3 N–H and O–H groups in total. The summed E-state index contributed by atoms with van der Waals surface area (Å²) in [6, 6.07) is 4.88. The molecule has 0 aliphatic rings. The van der Waals surface area contributed by atoms with Crippen molar-refractivity contribution in [3.63, 3.8) is 0 Å². The summed E-state index contributed by atoms with van der Waals surface area (Å²) in [6.45, 7) is 3.10. The summed E-state index contributed by atoms with van der Waals surface area (Å²) in [5, 5.41) is 28.6. The SMILES string of the molecule is CCC(CO)(CO)n1c(C)nc2c(C(=O)O)cccc21. The maximum Gasteiger partial charge on any atom is 0.337 e. The number of hydrogen-bond donors (Lipinski definition) is 3. The maximum atomic E-state index is 11.2. The fraction of sp³-hybridized carbons (Fsp3) is 0.429. The number of carboxylic acid groups (broad SMARTS) is 1. The molecule has 0 fully saturated rings. The number of nitrogens with zero attached hydrogens (tertiary/aromatic N) is 2. The highest BCUT2D eigenvalue weighted by Gasteiger charge is 2.32. The van der Waals surface area contributed by atoms with Crippen molar-refractivity contribution in [2.75, 3.05) is 13.2 Å². The van der Waals surface area contributed by atoms with Crippen LogP contribution in [-0.2, 0) is 5.54 Å². The van der Waals surface area contributed by atoms with Crippen LogP contribution in [0.3, 0.4) is 0 Å². The average molecular weight is 278 g/mol. The molecule has 20 heavy (non-hydrogen) atoms. The van der Waals surface area contributed by atoms with E-state index < -0.39 is 11.5 Å². The van der Waals surface area contributed by atoms with Crippen LogP contribution >= 0.6 is 0 Å². The van der Waals surface area contributed by atoms with E-state index in [2.05, 4.69) is 4.98 Å². The van der Waals surface area contributed by atoms with Crippen LogP contribution in [0.15, 0.2) is 18.2 Å². The van der Waals surface area contributed by atoms with Gasteiger partial charge in [0.05, 0.1) is 29.8 Å². The number of carbonyl (C=O) groups is 1. The van der Waals surface area contributed by atoms with Crippen LogP contribution < -0.4 is 0 Å². The van der Waals surface area contributed by atoms with Crippen LogP contribution in [-0.4, -0.2) is 44.1 Å². The van der Waals surface area contributed by atoms with Gasteiger partial charge in [0.1, 0.15) is 11.3 Å². The van der Waals surface area contributed by atoms with Crippen molar-refractivity contribution in [2.24, 2.45) is 0 Å². The summed E-state index contributed by atoms with van der Waals surface area (Å²) in [6.07, 6.45) is 0.504. The van der Waals surface area contributed by atoms with Gasteiger partial charge in [0.2, 0.25) is 0 Å². The second kappa shape index (κ2) is 5.22. The van der Waals surface area contributed by atoms with Gasteiger partial charge in [-0.2, -0.15) is 0 Å². The first-order valence-electron chi connectivity index (χ1n) is 6.44. The number of aromatic carboxylic acids is 1. The van der Waals surface area contributed by atoms with E-state index in [4.69, 9.17) is 0 Å². The quantitative estimate of drug-likeness (QED) is 0.762. The zero-order valence-corrected chi connectivity index (χ0v) is 11.5. The van der Waals surface area contributed by atoms with Crippen LogP contribution in [0, 0.1) is 6.92 Å². The highest BCUT2D eigenvalue weighted by Crippen LogP contribution is 2.29. The largest absolute Gasteiger partial charge is 0.478 e. The van der Waals surface area contributed by atoms with Crippen molar-refractivity contribution in [3.8, 4) is 0 Å². The number of aliphatic hydroxyl groups excluding tert-OH is 2. The van der Waals surface area contributed by atoms with Gasteiger partial charge in [-0.3, -0.25) is 0 Å². The van der Waals surface area contributed by atoms with Gasteiger partial charge in [-0.15, -0.1) is 0 Å². The second-order valence-corrected chi connectivity index (χ2v) is 4.87. The zero-order chi connectivity index (χ0) is 14.9. The number of aryl methyl sites for hydroxylation is 1. The third-order valence-electron chi connectivity index (χ3n) is 3.80. The lowest BCUT2D eigenvalue weighted by atomic mass is 9.97. The standard InChI is InChI=1S/C14H18N2O4/c1-3-14(7-17,8-18)16-9(2)15-12-10(13(19)20)5-4-6-11(12)16/h4-6,17-18H,3,7-8H2,1-2H3,(H,19,20). The predicted octanol–water partition coefficient (Wildman–Crippen LogP) is 1.13. The second-order valence-electron chi connectivity index (χ2n) is 4.87. The van der Waals surface area contributed by atoms with E-state index in [1.165, 1.54) is 6.07 Å². The van der Waals surface area contributed by atoms with Gasteiger partial charge in [-0.05, 0) is 25.5 Å². The Bertz CT molecular complexity index is 636. The number of para-hydroxylation sites is 1. The molecular formula is C14H18N2O4. The zero-order valence-electron chi connectivity index (χ0n) is 11.5. The molecule has 0 amide bonds. The first-order chi connectivity index (χ1) is 9.50. The van der Waals surface area contributed by atoms with E-state index in [0.29, 0.717) is 23.3 Å². The van der Waals surface area contributed by atoms with Gasteiger partial charge in [0, 0.05) is 0 Å². The maximum absolute atomic E-state index is 11.2. The van der Waals surface area contributed by atoms with Gasteiger partial charge >= 0.3 is 5.97 Å². The van der Waals surface area contributed by atoms with E-state index in [9.17, 15) is 20.1 Å². The Balaban J connectivity index is 2.81. The highest BCUT2D eigenvalue weighted by atomic mass is 16.4. The average Bonchev–Trinajstić information content (AvgIpc) is 2.78. The summed E-state index contributed by atoms with van der Waals surface area (Å²) < 4.78 is 1.73. The van der Waals surface area contributed by atoms with Crippen LogP contribution in [0.25, 0.3) is 11.0 Å². The van der Waals surface area contributed by atoms with Crippen LogP contribution in [0.1, 0.15) is 29.5 Å². The Morgan fingerprint density at radius 3 is 2.50 bits per heavy atom. The monoisotopic (exact) mass is 278 g/mol. The summed E-state index contributed by atoms with van der Waals surface area (Å²) >= 11 is 0. The lowest BCUT2D eigenvalue weighted by Gasteiger charge is -2.32. The van der Waals surface area contributed by atoms with Gasteiger partial charge in [0.15, 0.2) is 0 Å². The molecule has 0 aliphatic carbocycles. The van der Waals surface area contributed by atoms with Crippen molar-refractivity contribution in [1.29, 1.82) is 0 Å². The number of imidazole rings is 1. The normalized spacial score (nSPS) is 12.0. The summed E-state index contributed by atoms with van der Waals surface area (Å²) in [5.74, 6) is -0.478. The molecule has 0 atom stereocenters. The van der Waals surface area contributed by atoms with Crippen LogP contribution in [0.2, 0.25) is 0 Å². The predicted molar refractivity (Wildman–Crippen MR) is 73.9 cm³/mol. The first-order valence-corrected chi connectivity index (χ1v) is 6.44. The number of fused-ring (bicyclic) bond motifs is 1. The molecule has 1 aromatic heterocycles. The highest BCUT2D eigenvalue weighted by molar-refractivity contribution is 6.01. The summed E-state index contributed by atoms with van der Waals surface area (Å²) in [7, 11) is 0. The Hall–Kier alpha value is -1.92. The molecule has 0 aliphatic heterocycles. The van der Waals surface area contributed by atoms with Gasteiger partial charge in [-0.25, -0.2) is 9.78 Å². The molecule has 2 rings (SSSR count). The van der Waals surface area contributed by atoms with Crippen molar-refractivity contribution in [3.05, 3.63) is 29.6 Å². The van der Waals surface area contributed by atoms with E-state index >= 15 is 0 Å². The summed E-state index contributed by atoms with van der Waals surface area (Å²) in [5.41, 5.74) is 0.213. The van der Waals surface area contributed by atoms with Gasteiger partial charge in [0.25, 0.3) is 0 Å². The molecule has 0 radical (unpaired) electrons. The molecular weight excluding hydrogens is 260 g/mol. The summed E-state index contributed by atoms with van der Waals surface area (Å²) in [4.78, 5) is 15.5. The molecule has 108 valence electrons. The molecule has 2 aromatic rings. The van der Waals surface area contributed by atoms with E-state index in [1.807, 2.05) is 6.92 Å². The van der Waals surface area contributed by atoms with E-state index in [1.54, 1.807) is 23.6 Å². The molecule has 0 spiro atoms. The van der Waals surface area contributed by atoms with Crippen molar-refractivity contribution in [1.82, 2.24) is 9.55 Å². The van der Waals surface area contributed by atoms with Crippen LogP contribution in [0.4, 0.5) is 0 Å². The number of benzene rings is 1. The minimum absolute atomic E-state index is 0.116. The molecule has 0 bridgehead atoms. The Labute approximate surface area is 116 Å². The number of hydrogen-bond acceptors (Lipinski definition) is 4.